The Bertz CT molecular complexity index is 640. The van der Waals surface area contributed by atoms with Crippen LogP contribution in [0, 0.1) is 17.6 Å². The zero-order valence-electron chi connectivity index (χ0n) is 11.6. The van der Waals surface area contributed by atoms with Crippen molar-refractivity contribution >= 4 is 22.6 Å². The van der Waals surface area contributed by atoms with Gasteiger partial charge in [0.25, 0.3) is 0 Å². The van der Waals surface area contributed by atoms with Gasteiger partial charge in [0, 0.05) is 25.5 Å². The van der Waals surface area contributed by atoms with Gasteiger partial charge < -0.3 is 9.30 Å². The third-order valence-electron chi connectivity index (χ3n) is 3.71. The second-order valence-electron chi connectivity index (χ2n) is 5.37. The number of halogens is 3. The van der Waals surface area contributed by atoms with Gasteiger partial charge in [-0.25, -0.2) is 13.8 Å². The molecule has 0 atom stereocenters. The van der Waals surface area contributed by atoms with Crippen molar-refractivity contribution in [2.45, 2.75) is 25.8 Å². The average molecular weight is 315 g/mol. The molecular formula is C15H17ClF2N2O. The molecule has 0 unspecified atom stereocenters. The smallest absolute Gasteiger partial charge is 0.184 e. The summed E-state index contributed by atoms with van der Waals surface area (Å²) >= 11 is 5.77. The standard InChI is InChI=1S/C15H17ClF2N2O/c16-6-5-13-19-12-4-3-11(17)14(18)15(12)20(13)7-8-21-9-10-1-2-10/h3-4,10H,1-2,5-9H2. The number of hydrogen-bond acceptors (Lipinski definition) is 2. The maximum absolute atomic E-state index is 14.1. The summed E-state index contributed by atoms with van der Waals surface area (Å²) in [5.41, 5.74) is 0.654. The fourth-order valence-electron chi connectivity index (χ4n) is 2.41. The van der Waals surface area contributed by atoms with Crippen molar-refractivity contribution in [2.75, 3.05) is 19.1 Å². The number of benzene rings is 1. The van der Waals surface area contributed by atoms with Crippen LogP contribution in [0.3, 0.4) is 0 Å². The number of nitrogens with zero attached hydrogens (tertiary/aromatic N) is 2. The molecule has 6 heteroatoms. The second-order valence-corrected chi connectivity index (χ2v) is 5.74. The lowest BCUT2D eigenvalue weighted by molar-refractivity contribution is 0.117. The van der Waals surface area contributed by atoms with E-state index in [0.717, 1.165) is 12.7 Å². The van der Waals surface area contributed by atoms with Crippen LogP contribution < -0.4 is 0 Å². The highest BCUT2D eigenvalue weighted by Gasteiger charge is 2.21. The SMILES string of the molecule is Fc1ccc2nc(CCCl)n(CCOCC3CC3)c2c1F. The molecule has 0 amide bonds. The highest BCUT2D eigenvalue weighted by molar-refractivity contribution is 6.17. The summed E-state index contributed by atoms with van der Waals surface area (Å²) in [6.07, 6.45) is 2.97. The molecule has 1 aromatic carbocycles. The summed E-state index contributed by atoms with van der Waals surface area (Å²) in [7, 11) is 0. The molecule has 3 nitrogen and oxygen atoms in total. The predicted octanol–water partition coefficient (Wildman–Crippen LogP) is 3.52. The molecule has 1 aliphatic carbocycles. The minimum absolute atomic E-state index is 0.199. The van der Waals surface area contributed by atoms with Gasteiger partial charge in [-0.2, -0.15) is 0 Å². The highest BCUT2D eigenvalue weighted by atomic mass is 35.5. The first-order valence-electron chi connectivity index (χ1n) is 7.17. The van der Waals surface area contributed by atoms with Crippen LogP contribution >= 0.6 is 11.6 Å². The molecule has 0 aliphatic heterocycles. The van der Waals surface area contributed by atoms with Gasteiger partial charge in [0.15, 0.2) is 11.6 Å². The predicted molar refractivity (Wildman–Crippen MR) is 77.6 cm³/mol. The van der Waals surface area contributed by atoms with Gasteiger partial charge in [-0.3, -0.25) is 0 Å². The van der Waals surface area contributed by atoms with E-state index in [9.17, 15) is 8.78 Å². The quantitative estimate of drug-likeness (QED) is 0.577. The summed E-state index contributed by atoms with van der Waals surface area (Å²) in [6, 6.07) is 2.59. The third-order valence-corrected chi connectivity index (χ3v) is 3.90. The van der Waals surface area contributed by atoms with Crippen LogP contribution in [-0.4, -0.2) is 28.6 Å². The van der Waals surface area contributed by atoms with Crippen molar-refractivity contribution in [1.82, 2.24) is 9.55 Å². The van der Waals surface area contributed by atoms with Crippen molar-refractivity contribution in [3.8, 4) is 0 Å². The molecule has 1 aliphatic rings. The first-order chi connectivity index (χ1) is 10.2. The lowest BCUT2D eigenvalue weighted by Gasteiger charge is -2.09. The lowest BCUT2D eigenvalue weighted by atomic mass is 10.3. The minimum Gasteiger partial charge on any atom is -0.379 e. The van der Waals surface area contributed by atoms with E-state index < -0.39 is 11.6 Å². The van der Waals surface area contributed by atoms with Crippen LogP contribution in [0.4, 0.5) is 8.78 Å². The Kier molecular flexibility index (Phi) is 4.40. The Labute approximate surface area is 126 Å². The number of imidazole rings is 1. The first-order valence-corrected chi connectivity index (χ1v) is 7.71. The first kappa shape index (κ1) is 14.7. The van der Waals surface area contributed by atoms with E-state index in [1.54, 1.807) is 4.57 Å². The molecule has 1 saturated carbocycles. The number of alkyl halides is 1. The third kappa shape index (κ3) is 3.19. The molecule has 1 heterocycles. The number of aromatic nitrogens is 2. The monoisotopic (exact) mass is 314 g/mol. The van der Waals surface area contributed by atoms with E-state index in [1.807, 2.05) is 0 Å². The number of rotatable bonds is 7. The molecule has 0 spiro atoms. The van der Waals surface area contributed by atoms with E-state index in [-0.39, 0.29) is 5.52 Å². The molecule has 0 saturated heterocycles. The van der Waals surface area contributed by atoms with E-state index >= 15 is 0 Å². The van der Waals surface area contributed by atoms with Crippen LogP contribution in [0.1, 0.15) is 18.7 Å². The summed E-state index contributed by atoms with van der Waals surface area (Å²) in [5.74, 6) is 0.0135. The molecule has 114 valence electrons. The number of hydrogen-bond donors (Lipinski definition) is 0. The molecule has 0 N–H and O–H groups in total. The Hall–Kier alpha value is -1.20. The largest absolute Gasteiger partial charge is 0.379 e. The normalized spacial score (nSPS) is 15.0. The van der Waals surface area contributed by atoms with Crippen molar-refractivity contribution in [1.29, 1.82) is 0 Å². The van der Waals surface area contributed by atoms with Crippen molar-refractivity contribution < 1.29 is 13.5 Å². The van der Waals surface area contributed by atoms with Gasteiger partial charge in [-0.15, -0.1) is 11.6 Å². The lowest BCUT2D eigenvalue weighted by Crippen LogP contribution is -2.12. The van der Waals surface area contributed by atoms with Gasteiger partial charge in [-0.05, 0) is 30.9 Å². The number of ether oxygens (including phenoxy) is 1. The number of aryl methyl sites for hydroxylation is 1. The topological polar surface area (TPSA) is 27.1 Å². The Morgan fingerprint density at radius 2 is 2.14 bits per heavy atom. The van der Waals surface area contributed by atoms with E-state index in [1.165, 1.54) is 18.9 Å². The van der Waals surface area contributed by atoms with Crippen LogP contribution in [0.2, 0.25) is 0 Å². The molecular weight excluding hydrogens is 298 g/mol. The zero-order chi connectivity index (χ0) is 14.8. The average Bonchev–Trinajstić information content (AvgIpc) is 3.22. The van der Waals surface area contributed by atoms with Gasteiger partial charge in [0.1, 0.15) is 11.3 Å². The van der Waals surface area contributed by atoms with Crippen LogP contribution in [0.15, 0.2) is 12.1 Å². The van der Waals surface area contributed by atoms with Crippen LogP contribution in [0.25, 0.3) is 11.0 Å². The van der Waals surface area contributed by atoms with E-state index in [2.05, 4.69) is 4.98 Å². The summed E-state index contributed by atoms with van der Waals surface area (Å²) in [6.45, 7) is 1.66. The minimum atomic E-state index is -0.861. The van der Waals surface area contributed by atoms with Gasteiger partial charge in [0.05, 0.1) is 12.1 Å². The van der Waals surface area contributed by atoms with Gasteiger partial charge in [0.2, 0.25) is 0 Å². The van der Waals surface area contributed by atoms with E-state index in [0.29, 0.717) is 42.7 Å². The van der Waals surface area contributed by atoms with Gasteiger partial charge in [-0.1, -0.05) is 0 Å². The molecule has 1 fully saturated rings. The number of fused-ring (bicyclic) bond motifs is 1. The Balaban J connectivity index is 1.84. The molecule has 0 radical (unpaired) electrons. The Morgan fingerprint density at radius 3 is 2.86 bits per heavy atom. The molecule has 0 bridgehead atoms. The fourth-order valence-corrected chi connectivity index (χ4v) is 2.58. The molecule has 21 heavy (non-hydrogen) atoms. The fraction of sp³-hybridized carbons (Fsp3) is 0.533. The Morgan fingerprint density at radius 1 is 1.33 bits per heavy atom. The van der Waals surface area contributed by atoms with Crippen molar-refractivity contribution in [3.63, 3.8) is 0 Å². The van der Waals surface area contributed by atoms with Crippen LogP contribution in [-0.2, 0) is 17.7 Å². The van der Waals surface area contributed by atoms with Gasteiger partial charge >= 0.3 is 0 Å². The molecule has 2 aromatic rings. The summed E-state index contributed by atoms with van der Waals surface area (Å²) in [5, 5.41) is 0. The summed E-state index contributed by atoms with van der Waals surface area (Å²) < 4.78 is 34.8. The zero-order valence-corrected chi connectivity index (χ0v) is 12.4. The maximum atomic E-state index is 14.1. The van der Waals surface area contributed by atoms with Crippen molar-refractivity contribution in [3.05, 3.63) is 29.6 Å². The molecule has 3 rings (SSSR count). The maximum Gasteiger partial charge on any atom is 0.184 e. The molecule has 1 aromatic heterocycles. The summed E-state index contributed by atoms with van der Waals surface area (Å²) in [4.78, 5) is 4.35. The highest BCUT2D eigenvalue weighted by Crippen LogP contribution is 2.29. The second kappa shape index (κ2) is 6.28. The van der Waals surface area contributed by atoms with E-state index in [4.69, 9.17) is 16.3 Å². The van der Waals surface area contributed by atoms with Crippen molar-refractivity contribution in [2.24, 2.45) is 5.92 Å². The van der Waals surface area contributed by atoms with Crippen LogP contribution in [0.5, 0.6) is 0 Å².